The lowest BCUT2D eigenvalue weighted by molar-refractivity contribution is -0.115. The van der Waals surface area contributed by atoms with Crippen molar-refractivity contribution < 1.29 is 13.6 Å². The molecule has 0 saturated heterocycles. The molecule has 2 N–H and O–H groups in total. The van der Waals surface area contributed by atoms with Crippen LogP contribution in [0, 0.1) is 0 Å². The molecular weight excluding hydrogens is 384 g/mol. The van der Waals surface area contributed by atoms with Gasteiger partial charge in [-0.15, -0.1) is 0 Å². The van der Waals surface area contributed by atoms with Gasteiger partial charge in [0.1, 0.15) is 0 Å². The molecule has 150 valence electrons. The van der Waals surface area contributed by atoms with Crippen molar-refractivity contribution in [2.24, 2.45) is 0 Å². The van der Waals surface area contributed by atoms with Crippen molar-refractivity contribution in [1.29, 1.82) is 0 Å². The predicted molar refractivity (Wildman–Crippen MR) is 118 cm³/mol. The molecule has 0 heterocycles. The van der Waals surface area contributed by atoms with Crippen molar-refractivity contribution in [2.75, 3.05) is 16.7 Å². The average molecular weight is 409 g/mol. The third-order valence-corrected chi connectivity index (χ3v) is 5.31. The van der Waals surface area contributed by atoms with E-state index in [0.717, 1.165) is 24.1 Å². The topological polar surface area (TPSA) is 69.6 Å². The lowest BCUT2D eigenvalue weighted by Gasteiger charge is -2.14. The molecule has 1 amide bonds. The third-order valence-electron chi connectivity index (χ3n) is 4.63. The monoisotopic (exact) mass is 408 g/mol. The third kappa shape index (κ3) is 6.27. The Labute approximate surface area is 173 Å². The van der Waals surface area contributed by atoms with Gasteiger partial charge in [-0.25, -0.2) is 4.21 Å². The Kier molecular flexibility index (Phi) is 7.16. The van der Waals surface area contributed by atoms with E-state index in [9.17, 15) is 13.6 Å². The number of nitrogens with one attached hydrogen (secondary N) is 1. The molecule has 0 bridgehead atoms. The fourth-order valence-electron chi connectivity index (χ4n) is 3.08. The normalized spacial score (nSPS) is 11.7. The average Bonchev–Trinajstić information content (AvgIpc) is 2.73. The Morgan fingerprint density at radius 3 is 2.31 bits per heavy atom. The molecule has 0 saturated carbocycles. The molecule has 0 aromatic heterocycles. The van der Waals surface area contributed by atoms with Crippen molar-refractivity contribution in [3.63, 3.8) is 0 Å². The minimum Gasteiger partial charge on any atom is -0.326 e. The van der Waals surface area contributed by atoms with Crippen molar-refractivity contribution in [2.45, 2.75) is 19.3 Å². The van der Waals surface area contributed by atoms with Gasteiger partial charge in [0.25, 0.3) is 11.3 Å². The number of benzene rings is 3. The Bertz CT molecular complexity index is 992. The maximum absolute atomic E-state index is 12.5. The quantitative estimate of drug-likeness (QED) is 0.548. The van der Waals surface area contributed by atoms with E-state index in [1.54, 1.807) is 18.2 Å². The van der Waals surface area contributed by atoms with E-state index in [2.05, 4.69) is 23.5 Å². The summed E-state index contributed by atoms with van der Waals surface area (Å²) >= 11 is -2.10. The molecule has 3 rings (SSSR count). The van der Waals surface area contributed by atoms with Gasteiger partial charge in [0.2, 0.25) is 5.91 Å². The number of anilines is 2. The van der Waals surface area contributed by atoms with E-state index in [0.29, 0.717) is 5.69 Å². The van der Waals surface area contributed by atoms with Gasteiger partial charge in [0, 0.05) is 12.7 Å². The van der Waals surface area contributed by atoms with Gasteiger partial charge >= 0.3 is 0 Å². The number of hydrogen-bond donors (Lipinski definition) is 2. The molecule has 1 atom stereocenters. The number of carbonyl (C=O) groups is 1. The zero-order chi connectivity index (χ0) is 20.6. The fourth-order valence-corrected chi connectivity index (χ4v) is 3.37. The maximum Gasteiger partial charge on any atom is 0.261 e. The van der Waals surface area contributed by atoms with Crippen LogP contribution in [0.1, 0.15) is 16.7 Å². The predicted octanol–water partition coefficient (Wildman–Crippen LogP) is 4.23. The summed E-state index contributed by atoms with van der Waals surface area (Å²) in [5, 5.41) is 2.94. The van der Waals surface area contributed by atoms with Crippen LogP contribution in [0.3, 0.4) is 0 Å². The first kappa shape index (κ1) is 20.8. The van der Waals surface area contributed by atoms with Crippen LogP contribution in [-0.2, 0) is 35.3 Å². The van der Waals surface area contributed by atoms with E-state index >= 15 is 0 Å². The lowest BCUT2D eigenvalue weighted by atomic mass is 10.0. The van der Waals surface area contributed by atoms with E-state index in [1.807, 2.05) is 42.5 Å². The van der Waals surface area contributed by atoms with E-state index in [4.69, 9.17) is 0 Å². The maximum atomic E-state index is 12.5. The van der Waals surface area contributed by atoms with Gasteiger partial charge in [0.05, 0.1) is 12.1 Å². The Balaban J connectivity index is 1.59. The van der Waals surface area contributed by atoms with Gasteiger partial charge in [-0.05, 0) is 53.8 Å². The summed E-state index contributed by atoms with van der Waals surface area (Å²) < 4.78 is 21.6. The number of hydrogen-bond acceptors (Lipinski definition) is 2. The van der Waals surface area contributed by atoms with Crippen LogP contribution in [0.2, 0.25) is 0 Å². The molecule has 0 fully saturated rings. The fraction of sp³-hybridized carbons (Fsp3) is 0.174. The van der Waals surface area contributed by atoms with Gasteiger partial charge in [-0.2, -0.15) is 0 Å². The van der Waals surface area contributed by atoms with Crippen LogP contribution in [-0.4, -0.2) is 21.7 Å². The van der Waals surface area contributed by atoms with E-state index < -0.39 is 11.3 Å². The minimum atomic E-state index is -2.10. The molecule has 0 radical (unpaired) electrons. The first-order valence-electron chi connectivity index (χ1n) is 9.37. The molecule has 1 unspecified atom stereocenters. The van der Waals surface area contributed by atoms with Crippen LogP contribution < -0.4 is 9.62 Å². The highest BCUT2D eigenvalue weighted by Gasteiger charge is 2.09. The summed E-state index contributed by atoms with van der Waals surface area (Å²) in [7, 11) is 1.52. The highest BCUT2D eigenvalue weighted by molar-refractivity contribution is 7.80. The van der Waals surface area contributed by atoms with Gasteiger partial charge in [0.15, 0.2) is 0 Å². The number of aryl methyl sites for hydroxylation is 2. The molecule has 29 heavy (non-hydrogen) atoms. The zero-order valence-corrected chi connectivity index (χ0v) is 17.1. The standard InChI is InChI=1S/C23H24N2O3S/c1-25(29(27)28)22-12-6-10-20(16-22)17-23(26)24-21-11-5-9-19(15-21)14-13-18-7-3-2-4-8-18/h2-12,15-16H,13-14,17H2,1H3,(H,24,26)(H,27,28). The van der Waals surface area contributed by atoms with Crippen molar-refractivity contribution in [3.8, 4) is 0 Å². The second kappa shape index (κ2) is 10.0. The highest BCUT2D eigenvalue weighted by Crippen LogP contribution is 2.18. The summed E-state index contributed by atoms with van der Waals surface area (Å²) in [6.45, 7) is 0. The van der Waals surface area contributed by atoms with E-state index in [-0.39, 0.29) is 12.3 Å². The molecule has 3 aromatic carbocycles. The Morgan fingerprint density at radius 2 is 1.55 bits per heavy atom. The van der Waals surface area contributed by atoms with Crippen molar-refractivity contribution in [3.05, 3.63) is 95.6 Å². The first-order chi connectivity index (χ1) is 14.0. The first-order valence-corrected chi connectivity index (χ1v) is 10.4. The van der Waals surface area contributed by atoms with Gasteiger partial charge < -0.3 is 5.32 Å². The minimum absolute atomic E-state index is 0.130. The lowest BCUT2D eigenvalue weighted by Crippen LogP contribution is -2.19. The van der Waals surface area contributed by atoms with Crippen LogP contribution in [0.5, 0.6) is 0 Å². The molecule has 6 heteroatoms. The summed E-state index contributed by atoms with van der Waals surface area (Å²) in [6.07, 6.45) is 2.04. The Morgan fingerprint density at radius 1 is 0.897 bits per heavy atom. The van der Waals surface area contributed by atoms with Crippen molar-refractivity contribution >= 4 is 28.5 Å². The number of rotatable bonds is 8. The summed E-state index contributed by atoms with van der Waals surface area (Å²) in [5.41, 5.74) is 4.58. The number of amides is 1. The van der Waals surface area contributed by atoms with Crippen LogP contribution in [0.15, 0.2) is 78.9 Å². The van der Waals surface area contributed by atoms with Crippen molar-refractivity contribution in [1.82, 2.24) is 0 Å². The summed E-state index contributed by atoms with van der Waals surface area (Å²) in [4.78, 5) is 12.5. The summed E-state index contributed by atoms with van der Waals surface area (Å²) in [6, 6.07) is 25.3. The molecular formula is C23H24N2O3S. The SMILES string of the molecule is CN(c1cccc(CC(=O)Nc2cccc(CCc3ccccc3)c2)c1)S(=O)O. The van der Waals surface area contributed by atoms with E-state index in [1.165, 1.54) is 22.5 Å². The Hall–Kier alpha value is -2.96. The zero-order valence-electron chi connectivity index (χ0n) is 16.2. The molecule has 5 nitrogen and oxygen atoms in total. The van der Waals surface area contributed by atoms with Crippen LogP contribution in [0.4, 0.5) is 11.4 Å². The molecule has 0 spiro atoms. The van der Waals surface area contributed by atoms with Gasteiger partial charge in [-0.1, -0.05) is 54.6 Å². The second-order valence-electron chi connectivity index (χ2n) is 6.81. The second-order valence-corrected chi connectivity index (χ2v) is 7.82. The molecule has 0 aliphatic rings. The molecule has 0 aliphatic heterocycles. The van der Waals surface area contributed by atoms with Gasteiger partial charge in [-0.3, -0.25) is 13.7 Å². The molecule has 3 aromatic rings. The molecule has 0 aliphatic carbocycles. The number of nitrogens with zero attached hydrogens (tertiary/aromatic N) is 1. The van der Waals surface area contributed by atoms with Crippen LogP contribution >= 0.6 is 0 Å². The smallest absolute Gasteiger partial charge is 0.261 e. The highest BCUT2D eigenvalue weighted by atomic mass is 32.2. The summed E-state index contributed by atoms with van der Waals surface area (Å²) in [5.74, 6) is -0.130. The van der Waals surface area contributed by atoms with Crippen LogP contribution in [0.25, 0.3) is 0 Å². The number of carbonyl (C=O) groups excluding carboxylic acids is 1. The largest absolute Gasteiger partial charge is 0.326 e.